The Hall–Kier alpha value is -1.08. The smallest absolute Gasteiger partial charge is 0.342 e. The molecule has 0 bridgehead atoms. The molecule has 0 aromatic carbocycles. The van der Waals surface area contributed by atoms with Gasteiger partial charge in [0.15, 0.2) is 0 Å². The third-order valence-corrected chi connectivity index (χ3v) is 2.73. The van der Waals surface area contributed by atoms with Gasteiger partial charge in [0.25, 0.3) is 0 Å². The van der Waals surface area contributed by atoms with Gasteiger partial charge in [-0.2, -0.15) is 11.8 Å². The predicted molar refractivity (Wildman–Crippen MR) is 55.1 cm³/mol. The van der Waals surface area contributed by atoms with Crippen LogP contribution in [0.25, 0.3) is 0 Å². The highest BCUT2D eigenvalue weighted by Crippen LogP contribution is 2.16. The number of hydrogen-bond acceptors (Lipinski definition) is 5. The van der Waals surface area contributed by atoms with E-state index < -0.39 is 4.92 Å². The van der Waals surface area contributed by atoms with Crippen molar-refractivity contribution in [2.45, 2.75) is 5.75 Å². The van der Waals surface area contributed by atoms with E-state index in [1.807, 2.05) is 0 Å². The largest absolute Gasteiger partial charge is 0.358 e. The van der Waals surface area contributed by atoms with Crippen LogP contribution in [0.4, 0.5) is 5.82 Å². The van der Waals surface area contributed by atoms with Gasteiger partial charge in [0.1, 0.15) is 6.20 Å². The van der Waals surface area contributed by atoms with Gasteiger partial charge in [-0.05, 0) is 4.92 Å². The lowest BCUT2D eigenvalue weighted by Gasteiger charge is -1.98. The Bertz CT molecular complexity index is 325. The van der Waals surface area contributed by atoms with Gasteiger partial charge in [-0.25, -0.2) is 9.55 Å². The standard InChI is InChI=1S/C7H12N4O2S/c1-10-6(5-14-3-2-8)9-4-7(10)11(12)13/h4H,2-3,5,8H2,1H3. The first kappa shape index (κ1) is 11.0. The van der Waals surface area contributed by atoms with Gasteiger partial charge in [0.2, 0.25) is 5.82 Å². The first-order chi connectivity index (χ1) is 6.66. The van der Waals surface area contributed by atoms with Crippen molar-refractivity contribution in [1.29, 1.82) is 0 Å². The molecule has 7 heteroatoms. The molecular weight excluding hydrogens is 204 g/mol. The maximum Gasteiger partial charge on any atom is 0.342 e. The summed E-state index contributed by atoms with van der Waals surface area (Å²) < 4.78 is 1.49. The van der Waals surface area contributed by atoms with Crippen LogP contribution >= 0.6 is 11.8 Å². The van der Waals surface area contributed by atoms with Crippen LogP contribution in [-0.2, 0) is 12.8 Å². The summed E-state index contributed by atoms with van der Waals surface area (Å²) in [6.07, 6.45) is 1.28. The van der Waals surface area contributed by atoms with E-state index in [4.69, 9.17) is 5.73 Å². The van der Waals surface area contributed by atoms with Crippen LogP contribution in [0, 0.1) is 10.1 Å². The lowest BCUT2D eigenvalue weighted by atomic mass is 10.7. The van der Waals surface area contributed by atoms with E-state index in [9.17, 15) is 10.1 Å². The minimum absolute atomic E-state index is 0.0216. The SMILES string of the molecule is Cn1c([N+](=O)[O-])cnc1CSCCN. The molecule has 2 N–H and O–H groups in total. The van der Waals surface area contributed by atoms with E-state index in [0.29, 0.717) is 18.1 Å². The number of rotatable bonds is 5. The normalized spacial score (nSPS) is 10.4. The topological polar surface area (TPSA) is 87.0 Å². The average Bonchev–Trinajstić information content (AvgIpc) is 2.48. The summed E-state index contributed by atoms with van der Waals surface area (Å²) in [4.78, 5) is 14.0. The molecule has 0 aliphatic heterocycles. The first-order valence-corrected chi connectivity index (χ1v) is 5.25. The van der Waals surface area contributed by atoms with Gasteiger partial charge in [-0.1, -0.05) is 0 Å². The van der Waals surface area contributed by atoms with E-state index in [-0.39, 0.29) is 5.82 Å². The van der Waals surface area contributed by atoms with E-state index in [1.54, 1.807) is 18.8 Å². The van der Waals surface area contributed by atoms with Crippen molar-refractivity contribution in [2.24, 2.45) is 12.8 Å². The summed E-state index contributed by atoms with van der Waals surface area (Å²) >= 11 is 1.61. The summed E-state index contributed by atoms with van der Waals surface area (Å²) in [6, 6.07) is 0. The van der Waals surface area contributed by atoms with E-state index in [2.05, 4.69) is 4.98 Å². The molecule has 0 fully saturated rings. The molecular formula is C7H12N4O2S. The highest BCUT2D eigenvalue weighted by atomic mass is 32.2. The van der Waals surface area contributed by atoms with Crippen molar-refractivity contribution < 1.29 is 4.92 Å². The monoisotopic (exact) mass is 216 g/mol. The van der Waals surface area contributed by atoms with Gasteiger partial charge in [-0.3, -0.25) is 0 Å². The molecule has 0 saturated carbocycles. The summed E-state index contributed by atoms with van der Waals surface area (Å²) in [5, 5.41) is 10.5. The third-order valence-electron chi connectivity index (χ3n) is 1.74. The number of imidazole rings is 1. The molecule has 0 aliphatic carbocycles. The highest BCUT2D eigenvalue weighted by Gasteiger charge is 2.15. The Morgan fingerprint density at radius 1 is 1.79 bits per heavy atom. The summed E-state index contributed by atoms with van der Waals surface area (Å²) in [5.74, 6) is 2.21. The Morgan fingerprint density at radius 2 is 2.50 bits per heavy atom. The summed E-state index contributed by atoms with van der Waals surface area (Å²) in [6.45, 7) is 0.608. The maximum absolute atomic E-state index is 10.5. The highest BCUT2D eigenvalue weighted by molar-refractivity contribution is 7.98. The second-order valence-electron chi connectivity index (χ2n) is 2.69. The Kier molecular flexibility index (Phi) is 3.90. The zero-order valence-electron chi connectivity index (χ0n) is 7.84. The number of nitrogens with zero attached hydrogens (tertiary/aromatic N) is 3. The molecule has 1 heterocycles. The molecule has 0 saturated heterocycles. The number of nitro groups is 1. The molecule has 0 spiro atoms. The van der Waals surface area contributed by atoms with Crippen LogP contribution < -0.4 is 5.73 Å². The van der Waals surface area contributed by atoms with Crippen molar-refractivity contribution in [3.8, 4) is 0 Å². The first-order valence-electron chi connectivity index (χ1n) is 4.09. The fourth-order valence-electron chi connectivity index (χ4n) is 0.988. The van der Waals surface area contributed by atoms with Crippen LogP contribution in [0.3, 0.4) is 0 Å². The minimum Gasteiger partial charge on any atom is -0.358 e. The van der Waals surface area contributed by atoms with E-state index >= 15 is 0 Å². The zero-order chi connectivity index (χ0) is 10.6. The number of thioether (sulfide) groups is 1. The minimum atomic E-state index is -0.440. The zero-order valence-corrected chi connectivity index (χ0v) is 8.66. The van der Waals surface area contributed by atoms with Gasteiger partial charge < -0.3 is 15.8 Å². The lowest BCUT2D eigenvalue weighted by molar-refractivity contribution is -0.391. The fraction of sp³-hybridized carbons (Fsp3) is 0.571. The molecule has 78 valence electrons. The number of aromatic nitrogens is 2. The van der Waals surface area contributed by atoms with Crippen molar-refractivity contribution >= 4 is 17.6 Å². The fourth-order valence-corrected chi connectivity index (χ4v) is 1.75. The van der Waals surface area contributed by atoms with Gasteiger partial charge in [-0.15, -0.1) is 0 Å². The Morgan fingerprint density at radius 3 is 3.00 bits per heavy atom. The molecule has 0 amide bonds. The van der Waals surface area contributed by atoms with E-state index in [0.717, 1.165) is 5.75 Å². The summed E-state index contributed by atoms with van der Waals surface area (Å²) in [7, 11) is 1.64. The van der Waals surface area contributed by atoms with Crippen LogP contribution in [0.5, 0.6) is 0 Å². The van der Waals surface area contributed by atoms with Crippen molar-refractivity contribution in [1.82, 2.24) is 9.55 Å². The summed E-state index contributed by atoms with van der Waals surface area (Å²) in [5.41, 5.74) is 5.33. The molecule has 0 unspecified atom stereocenters. The maximum atomic E-state index is 10.5. The molecule has 14 heavy (non-hydrogen) atoms. The van der Waals surface area contributed by atoms with E-state index in [1.165, 1.54) is 10.8 Å². The van der Waals surface area contributed by atoms with Gasteiger partial charge >= 0.3 is 5.82 Å². The lowest BCUT2D eigenvalue weighted by Crippen LogP contribution is -2.04. The van der Waals surface area contributed by atoms with Crippen LogP contribution in [0.2, 0.25) is 0 Å². The molecule has 1 rings (SSSR count). The second-order valence-corrected chi connectivity index (χ2v) is 3.80. The number of hydrogen-bond donors (Lipinski definition) is 1. The predicted octanol–water partition coefficient (Wildman–Crippen LogP) is 0.520. The molecule has 6 nitrogen and oxygen atoms in total. The van der Waals surface area contributed by atoms with Crippen molar-refractivity contribution in [3.63, 3.8) is 0 Å². The Balaban J connectivity index is 2.65. The molecule has 1 aromatic heterocycles. The van der Waals surface area contributed by atoms with Gasteiger partial charge in [0, 0.05) is 12.3 Å². The third kappa shape index (κ3) is 2.46. The average molecular weight is 216 g/mol. The molecule has 0 aliphatic rings. The second kappa shape index (κ2) is 4.97. The van der Waals surface area contributed by atoms with Crippen LogP contribution in [-0.4, -0.2) is 26.8 Å². The van der Waals surface area contributed by atoms with Gasteiger partial charge in [0.05, 0.1) is 12.8 Å². The molecule has 0 atom stereocenters. The Labute approximate surface area is 85.6 Å². The van der Waals surface area contributed by atoms with Crippen molar-refractivity contribution in [3.05, 3.63) is 22.1 Å². The molecule has 0 radical (unpaired) electrons. The number of nitrogens with two attached hydrogens (primary N) is 1. The van der Waals surface area contributed by atoms with Crippen LogP contribution in [0.15, 0.2) is 6.20 Å². The molecule has 1 aromatic rings. The van der Waals surface area contributed by atoms with Crippen molar-refractivity contribution in [2.75, 3.05) is 12.3 Å². The quantitative estimate of drug-likeness (QED) is 0.440. The van der Waals surface area contributed by atoms with Crippen LogP contribution in [0.1, 0.15) is 5.82 Å².